The number of aromatic nitrogens is 2. The number of imidazole rings is 1. The fraction of sp³-hybridized carbons (Fsp3) is 0.200. The van der Waals surface area contributed by atoms with E-state index in [2.05, 4.69) is 4.98 Å². The van der Waals surface area contributed by atoms with E-state index in [-0.39, 0.29) is 6.61 Å². The number of benzene rings is 1. The lowest BCUT2D eigenvalue weighted by Gasteiger charge is -2.02. The molecule has 5 nitrogen and oxygen atoms in total. The number of fused-ring (bicyclic) bond motifs is 1. The molecule has 22 heavy (non-hydrogen) atoms. The minimum atomic E-state index is -0.704. The van der Waals surface area contributed by atoms with E-state index in [1.165, 1.54) is 11.3 Å². The number of aryl methyl sites for hydroxylation is 1. The van der Waals surface area contributed by atoms with Crippen LogP contribution in [0.1, 0.15) is 12.6 Å². The average molecular weight is 337 g/mol. The van der Waals surface area contributed by atoms with Gasteiger partial charge in [0.15, 0.2) is 4.96 Å². The van der Waals surface area contributed by atoms with Gasteiger partial charge in [0.2, 0.25) is 5.06 Å². The van der Waals surface area contributed by atoms with Gasteiger partial charge in [-0.15, -0.1) is 0 Å². The van der Waals surface area contributed by atoms with Crippen LogP contribution >= 0.6 is 22.9 Å². The highest BCUT2D eigenvalue weighted by atomic mass is 35.5. The number of carbonyl (C=O) groups excluding carboxylic acids is 1. The van der Waals surface area contributed by atoms with Gasteiger partial charge in [-0.25, -0.2) is 9.78 Å². The first kappa shape index (κ1) is 14.9. The zero-order chi connectivity index (χ0) is 15.7. The molecular weight excluding hydrogens is 324 g/mol. The SMILES string of the molecule is CCOC(=O)Oc1sc2nc(-c3cccc(Cl)c3)cn2c1C. The summed E-state index contributed by atoms with van der Waals surface area (Å²) in [4.78, 5) is 16.7. The Hall–Kier alpha value is -2.05. The summed E-state index contributed by atoms with van der Waals surface area (Å²) in [5.41, 5.74) is 2.56. The van der Waals surface area contributed by atoms with Crippen molar-refractivity contribution in [1.82, 2.24) is 9.38 Å². The molecule has 3 aromatic rings. The minimum Gasteiger partial charge on any atom is -0.434 e. The highest BCUT2D eigenvalue weighted by Crippen LogP contribution is 2.33. The first-order valence-electron chi connectivity index (χ1n) is 6.67. The van der Waals surface area contributed by atoms with Crippen LogP contribution in [0.4, 0.5) is 4.79 Å². The van der Waals surface area contributed by atoms with E-state index < -0.39 is 6.16 Å². The van der Waals surface area contributed by atoms with Crippen LogP contribution < -0.4 is 4.74 Å². The lowest BCUT2D eigenvalue weighted by atomic mass is 10.2. The molecular formula is C15H13ClN2O3S. The van der Waals surface area contributed by atoms with E-state index in [9.17, 15) is 4.79 Å². The zero-order valence-corrected chi connectivity index (χ0v) is 13.6. The average Bonchev–Trinajstić information content (AvgIpc) is 3.00. The molecule has 0 bridgehead atoms. The molecule has 0 spiro atoms. The third-order valence-corrected chi connectivity index (χ3v) is 4.34. The van der Waals surface area contributed by atoms with Crippen molar-refractivity contribution in [1.29, 1.82) is 0 Å². The van der Waals surface area contributed by atoms with Crippen molar-refractivity contribution in [2.24, 2.45) is 0 Å². The van der Waals surface area contributed by atoms with E-state index in [0.717, 1.165) is 21.9 Å². The summed E-state index contributed by atoms with van der Waals surface area (Å²) in [5.74, 6) is 0. The smallest absolute Gasteiger partial charge is 0.434 e. The maximum atomic E-state index is 11.4. The molecule has 3 rings (SSSR count). The van der Waals surface area contributed by atoms with Gasteiger partial charge in [-0.2, -0.15) is 0 Å². The van der Waals surface area contributed by atoms with Gasteiger partial charge in [0, 0.05) is 16.8 Å². The molecule has 0 saturated heterocycles. The fourth-order valence-corrected chi connectivity index (χ4v) is 3.18. The van der Waals surface area contributed by atoms with Crippen molar-refractivity contribution < 1.29 is 14.3 Å². The molecule has 0 fully saturated rings. The fourth-order valence-electron chi connectivity index (χ4n) is 2.04. The minimum absolute atomic E-state index is 0.277. The topological polar surface area (TPSA) is 52.8 Å². The number of hydrogen-bond donors (Lipinski definition) is 0. The van der Waals surface area contributed by atoms with Crippen molar-refractivity contribution in [3.63, 3.8) is 0 Å². The monoisotopic (exact) mass is 336 g/mol. The maximum Gasteiger partial charge on any atom is 0.514 e. The number of nitrogens with zero attached hydrogens (tertiary/aromatic N) is 2. The summed E-state index contributed by atoms with van der Waals surface area (Å²) in [6, 6.07) is 7.51. The van der Waals surface area contributed by atoms with Gasteiger partial charge < -0.3 is 9.47 Å². The number of thiazole rings is 1. The molecule has 2 aromatic heterocycles. The second kappa shape index (κ2) is 5.98. The summed E-state index contributed by atoms with van der Waals surface area (Å²) in [7, 11) is 0. The molecule has 0 aliphatic rings. The first-order chi connectivity index (χ1) is 10.6. The number of ether oxygens (including phenoxy) is 2. The second-order valence-electron chi connectivity index (χ2n) is 4.55. The van der Waals surface area contributed by atoms with E-state index in [4.69, 9.17) is 21.1 Å². The Kier molecular flexibility index (Phi) is 4.04. The van der Waals surface area contributed by atoms with E-state index in [1.807, 2.05) is 41.8 Å². The molecule has 0 saturated carbocycles. The van der Waals surface area contributed by atoms with Crippen LogP contribution in [0.2, 0.25) is 5.02 Å². The van der Waals surface area contributed by atoms with E-state index in [0.29, 0.717) is 10.1 Å². The van der Waals surface area contributed by atoms with Crippen LogP contribution in [0.3, 0.4) is 0 Å². The van der Waals surface area contributed by atoms with Crippen LogP contribution in [0, 0.1) is 6.92 Å². The second-order valence-corrected chi connectivity index (χ2v) is 5.93. The van der Waals surface area contributed by atoms with E-state index in [1.54, 1.807) is 6.92 Å². The van der Waals surface area contributed by atoms with Crippen molar-refractivity contribution in [2.75, 3.05) is 6.61 Å². The maximum absolute atomic E-state index is 11.4. The number of rotatable bonds is 3. The standard InChI is InChI=1S/C15H13ClN2O3S/c1-3-20-15(19)21-13-9(2)18-8-12(17-14(18)22-13)10-5-4-6-11(16)7-10/h4-8H,3H2,1-2H3. The van der Waals surface area contributed by atoms with Gasteiger partial charge in [0.05, 0.1) is 18.0 Å². The van der Waals surface area contributed by atoms with Gasteiger partial charge in [-0.05, 0) is 26.0 Å². The first-order valence-corrected chi connectivity index (χ1v) is 7.87. The van der Waals surface area contributed by atoms with Gasteiger partial charge in [-0.1, -0.05) is 35.1 Å². The third-order valence-electron chi connectivity index (χ3n) is 3.07. The highest BCUT2D eigenvalue weighted by Gasteiger charge is 2.16. The molecule has 7 heteroatoms. The van der Waals surface area contributed by atoms with Crippen molar-refractivity contribution in [3.05, 3.63) is 41.2 Å². The Morgan fingerprint density at radius 2 is 2.27 bits per heavy atom. The van der Waals surface area contributed by atoms with Gasteiger partial charge in [0.25, 0.3) is 0 Å². The summed E-state index contributed by atoms with van der Waals surface area (Å²) in [5, 5.41) is 1.15. The van der Waals surface area contributed by atoms with Crippen LogP contribution in [0.25, 0.3) is 16.2 Å². The molecule has 2 heterocycles. The summed E-state index contributed by atoms with van der Waals surface area (Å²) >= 11 is 7.30. The Morgan fingerprint density at radius 3 is 2.95 bits per heavy atom. The molecule has 1 aromatic carbocycles. The highest BCUT2D eigenvalue weighted by molar-refractivity contribution is 7.19. The lowest BCUT2D eigenvalue weighted by molar-refractivity contribution is 0.105. The van der Waals surface area contributed by atoms with Crippen LogP contribution in [0.5, 0.6) is 5.06 Å². The molecule has 0 aliphatic carbocycles. The van der Waals surface area contributed by atoms with Gasteiger partial charge in [0.1, 0.15) is 0 Å². The van der Waals surface area contributed by atoms with Gasteiger partial charge in [-0.3, -0.25) is 4.40 Å². The van der Waals surface area contributed by atoms with E-state index >= 15 is 0 Å². The molecule has 0 unspecified atom stereocenters. The Labute approximate surface area is 136 Å². The summed E-state index contributed by atoms with van der Waals surface area (Å²) in [6.07, 6.45) is 1.19. The lowest BCUT2D eigenvalue weighted by Crippen LogP contribution is -2.09. The van der Waals surface area contributed by atoms with Crippen molar-refractivity contribution in [2.45, 2.75) is 13.8 Å². The largest absolute Gasteiger partial charge is 0.514 e. The molecule has 0 atom stereocenters. The Morgan fingerprint density at radius 1 is 1.45 bits per heavy atom. The van der Waals surface area contributed by atoms with Crippen LogP contribution in [0.15, 0.2) is 30.5 Å². The summed E-state index contributed by atoms with van der Waals surface area (Å²) < 4.78 is 11.8. The van der Waals surface area contributed by atoms with Gasteiger partial charge >= 0.3 is 6.16 Å². The summed E-state index contributed by atoms with van der Waals surface area (Å²) in [6.45, 7) is 3.87. The predicted octanol–water partition coefficient (Wildman–Crippen LogP) is 4.56. The quantitative estimate of drug-likeness (QED) is 0.658. The number of halogens is 1. The number of hydrogen-bond acceptors (Lipinski definition) is 5. The number of carbonyl (C=O) groups is 1. The predicted molar refractivity (Wildman–Crippen MR) is 85.9 cm³/mol. The molecule has 0 radical (unpaired) electrons. The normalized spacial score (nSPS) is 10.9. The molecule has 0 amide bonds. The van der Waals surface area contributed by atoms with Crippen LogP contribution in [-0.4, -0.2) is 22.1 Å². The zero-order valence-electron chi connectivity index (χ0n) is 12.0. The Bertz CT molecular complexity index is 841. The molecule has 0 aliphatic heterocycles. The molecule has 0 N–H and O–H groups in total. The third kappa shape index (κ3) is 2.80. The van der Waals surface area contributed by atoms with Crippen molar-refractivity contribution in [3.8, 4) is 16.3 Å². The van der Waals surface area contributed by atoms with Crippen molar-refractivity contribution >= 4 is 34.1 Å². The Balaban J connectivity index is 1.94. The molecule has 114 valence electrons. The van der Waals surface area contributed by atoms with Crippen LogP contribution in [-0.2, 0) is 4.74 Å².